The molecule has 2 aromatic carbocycles. The molecule has 24 heavy (non-hydrogen) atoms. The molecule has 4 rings (SSSR count). The fraction of sp³-hybridized carbons (Fsp3) is 0.263. The van der Waals surface area contributed by atoms with Crippen LogP contribution in [0, 0.1) is 0 Å². The third kappa shape index (κ3) is 2.37. The third-order valence-corrected chi connectivity index (χ3v) is 4.47. The summed E-state index contributed by atoms with van der Waals surface area (Å²) in [6.45, 7) is 1.36. The fourth-order valence-electron chi connectivity index (χ4n) is 3.22. The minimum atomic E-state index is -0.0731. The molecule has 3 aromatic rings. The molecule has 1 aliphatic heterocycles. The lowest BCUT2D eigenvalue weighted by Gasteiger charge is -2.09. The average molecular weight is 320 g/mol. The molecule has 1 aliphatic rings. The first-order valence-corrected chi connectivity index (χ1v) is 8.16. The van der Waals surface area contributed by atoms with Crippen LogP contribution in [0.3, 0.4) is 0 Å². The van der Waals surface area contributed by atoms with Crippen molar-refractivity contribution in [1.82, 2.24) is 19.2 Å². The van der Waals surface area contributed by atoms with Gasteiger partial charge in [-0.15, -0.1) is 5.10 Å². The van der Waals surface area contributed by atoms with Crippen LogP contribution in [-0.4, -0.2) is 39.9 Å². The number of likely N-dealkylation sites (N-methyl/N-ethyl adjacent to an activating group) is 1. The van der Waals surface area contributed by atoms with E-state index in [0.29, 0.717) is 6.54 Å². The maximum Gasteiger partial charge on any atom is 0.350 e. The standard InChI is InChI=1S/C19H20N4O/c1-21(2)11-12-22-19(24)23-17-10-6-4-8-15(17)13-14-7-3-5-9-16(14)18(23)20-22/h3-10H,11-13H2,1-2H3. The predicted molar refractivity (Wildman–Crippen MR) is 94.6 cm³/mol. The van der Waals surface area contributed by atoms with E-state index in [0.717, 1.165) is 35.6 Å². The minimum absolute atomic E-state index is 0.0731. The summed E-state index contributed by atoms with van der Waals surface area (Å²) < 4.78 is 3.34. The average Bonchev–Trinajstić information content (AvgIpc) is 2.82. The normalized spacial score (nSPS) is 12.5. The Hall–Kier alpha value is -2.66. The summed E-state index contributed by atoms with van der Waals surface area (Å²) in [5, 5.41) is 4.66. The highest BCUT2D eigenvalue weighted by atomic mass is 16.2. The molecule has 0 N–H and O–H groups in total. The van der Waals surface area contributed by atoms with E-state index in [1.54, 1.807) is 9.25 Å². The summed E-state index contributed by atoms with van der Waals surface area (Å²) in [5.74, 6) is 0.735. The van der Waals surface area contributed by atoms with Gasteiger partial charge in [-0.25, -0.2) is 14.0 Å². The maximum atomic E-state index is 13.0. The fourth-order valence-corrected chi connectivity index (χ4v) is 3.22. The van der Waals surface area contributed by atoms with Crippen LogP contribution in [0.1, 0.15) is 11.1 Å². The summed E-state index contributed by atoms with van der Waals surface area (Å²) in [5.41, 5.74) is 4.25. The van der Waals surface area contributed by atoms with Gasteiger partial charge in [-0.2, -0.15) is 0 Å². The number of benzene rings is 2. The zero-order chi connectivity index (χ0) is 16.7. The van der Waals surface area contributed by atoms with Crippen molar-refractivity contribution in [2.24, 2.45) is 0 Å². The first kappa shape index (κ1) is 14.9. The van der Waals surface area contributed by atoms with E-state index in [1.165, 1.54) is 5.56 Å². The molecule has 2 heterocycles. The van der Waals surface area contributed by atoms with Crippen LogP contribution in [0.25, 0.3) is 17.1 Å². The first-order chi connectivity index (χ1) is 11.6. The molecular weight excluding hydrogens is 300 g/mol. The second-order valence-corrected chi connectivity index (χ2v) is 6.43. The van der Waals surface area contributed by atoms with Crippen molar-refractivity contribution in [3.63, 3.8) is 0 Å². The molecule has 0 atom stereocenters. The second-order valence-electron chi connectivity index (χ2n) is 6.43. The van der Waals surface area contributed by atoms with Gasteiger partial charge in [0.05, 0.1) is 12.2 Å². The van der Waals surface area contributed by atoms with E-state index >= 15 is 0 Å². The summed E-state index contributed by atoms with van der Waals surface area (Å²) in [6.07, 6.45) is 0.812. The largest absolute Gasteiger partial charge is 0.350 e. The summed E-state index contributed by atoms with van der Waals surface area (Å²) in [7, 11) is 3.99. The highest BCUT2D eigenvalue weighted by Crippen LogP contribution is 2.31. The summed E-state index contributed by atoms with van der Waals surface area (Å²) >= 11 is 0. The van der Waals surface area contributed by atoms with E-state index in [1.807, 2.05) is 44.4 Å². The van der Waals surface area contributed by atoms with Gasteiger partial charge in [0, 0.05) is 18.5 Å². The summed E-state index contributed by atoms with van der Waals surface area (Å²) in [6, 6.07) is 16.3. The van der Waals surface area contributed by atoms with Crippen molar-refractivity contribution in [2.45, 2.75) is 13.0 Å². The van der Waals surface area contributed by atoms with E-state index in [-0.39, 0.29) is 5.69 Å². The molecule has 1 aromatic heterocycles. The van der Waals surface area contributed by atoms with Crippen LogP contribution in [-0.2, 0) is 13.0 Å². The number of nitrogens with zero attached hydrogens (tertiary/aromatic N) is 4. The van der Waals surface area contributed by atoms with Gasteiger partial charge >= 0.3 is 5.69 Å². The molecule has 122 valence electrons. The van der Waals surface area contributed by atoms with Crippen LogP contribution in [0.5, 0.6) is 0 Å². The Morgan fingerprint density at radius 2 is 1.75 bits per heavy atom. The SMILES string of the molecule is CN(C)CCn1nc2n(c1=O)-c1ccccc1Cc1ccccc1-2. The molecule has 0 radical (unpaired) electrons. The van der Waals surface area contributed by atoms with Gasteiger partial charge in [0.15, 0.2) is 5.82 Å². The summed E-state index contributed by atoms with van der Waals surface area (Å²) in [4.78, 5) is 15.1. The quantitative estimate of drug-likeness (QED) is 0.581. The van der Waals surface area contributed by atoms with Crippen LogP contribution in [0.15, 0.2) is 53.3 Å². The van der Waals surface area contributed by atoms with Crippen molar-refractivity contribution in [2.75, 3.05) is 20.6 Å². The van der Waals surface area contributed by atoms with Crippen molar-refractivity contribution in [3.8, 4) is 17.1 Å². The number of para-hydroxylation sites is 1. The van der Waals surface area contributed by atoms with Gasteiger partial charge < -0.3 is 4.90 Å². The van der Waals surface area contributed by atoms with Crippen LogP contribution in [0.4, 0.5) is 0 Å². The molecule has 0 fully saturated rings. The molecule has 0 aliphatic carbocycles. The third-order valence-electron chi connectivity index (χ3n) is 4.47. The highest BCUT2D eigenvalue weighted by molar-refractivity contribution is 5.67. The highest BCUT2D eigenvalue weighted by Gasteiger charge is 2.23. The van der Waals surface area contributed by atoms with Gasteiger partial charge in [0.25, 0.3) is 0 Å². The number of hydrogen-bond donors (Lipinski definition) is 0. The van der Waals surface area contributed by atoms with Crippen molar-refractivity contribution >= 4 is 0 Å². The van der Waals surface area contributed by atoms with Crippen molar-refractivity contribution in [3.05, 3.63) is 70.1 Å². The Balaban J connectivity index is 1.97. The van der Waals surface area contributed by atoms with Gasteiger partial charge in [-0.05, 0) is 31.3 Å². The first-order valence-electron chi connectivity index (χ1n) is 8.16. The minimum Gasteiger partial charge on any atom is -0.308 e. The Labute approximate surface area is 140 Å². The molecule has 0 bridgehead atoms. The lowest BCUT2D eigenvalue weighted by atomic mass is 10.0. The van der Waals surface area contributed by atoms with Gasteiger partial charge in [0.1, 0.15) is 0 Å². The zero-order valence-corrected chi connectivity index (χ0v) is 13.9. The molecular formula is C19H20N4O. The topological polar surface area (TPSA) is 43.1 Å². The number of hydrogen-bond acceptors (Lipinski definition) is 3. The lowest BCUT2D eigenvalue weighted by molar-refractivity contribution is 0.369. The second kappa shape index (κ2) is 5.76. The molecule has 0 spiro atoms. The molecule has 5 nitrogen and oxygen atoms in total. The maximum absolute atomic E-state index is 13.0. The molecule has 0 amide bonds. The predicted octanol–water partition coefficient (Wildman–Crippen LogP) is 2.17. The zero-order valence-electron chi connectivity index (χ0n) is 13.9. The van der Waals surface area contributed by atoms with Crippen molar-refractivity contribution in [1.29, 1.82) is 0 Å². The Kier molecular flexibility index (Phi) is 3.58. The Morgan fingerprint density at radius 3 is 2.54 bits per heavy atom. The monoisotopic (exact) mass is 320 g/mol. The van der Waals surface area contributed by atoms with Gasteiger partial charge in [-0.3, -0.25) is 0 Å². The van der Waals surface area contributed by atoms with E-state index < -0.39 is 0 Å². The Bertz CT molecular complexity index is 952. The number of fused-ring (bicyclic) bond motifs is 5. The van der Waals surface area contributed by atoms with E-state index in [4.69, 9.17) is 0 Å². The molecule has 0 unspecified atom stereocenters. The number of rotatable bonds is 3. The van der Waals surface area contributed by atoms with Crippen LogP contribution < -0.4 is 5.69 Å². The number of aromatic nitrogens is 3. The van der Waals surface area contributed by atoms with Gasteiger partial charge in [-0.1, -0.05) is 42.5 Å². The van der Waals surface area contributed by atoms with Gasteiger partial charge in [0.2, 0.25) is 0 Å². The van der Waals surface area contributed by atoms with Crippen LogP contribution in [0.2, 0.25) is 0 Å². The van der Waals surface area contributed by atoms with Crippen LogP contribution >= 0.6 is 0 Å². The van der Waals surface area contributed by atoms with E-state index in [2.05, 4.69) is 28.2 Å². The smallest absolute Gasteiger partial charge is 0.308 e. The van der Waals surface area contributed by atoms with E-state index in [9.17, 15) is 4.79 Å². The molecule has 5 heteroatoms. The lowest BCUT2D eigenvalue weighted by Crippen LogP contribution is -2.28. The molecule has 0 saturated carbocycles. The molecule has 0 saturated heterocycles. The van der Waals surface area contributed by atoms with Crippen molar-refractivity contribution < 1.29 is 0 Å². The Morgan fingerprint density at radius 1 is 1.04 bits per heavy atom.